The number of thiazole rings is 2. The number of nitrogens with zero attached hydrogens (tertiary/aromatic N) is 3. The van der Waals surface area contributed by atoms with Gasteiger partial charge in [0.25, 0.3) is 11.8 Å². The smallest absolute Gasteiger partial charge is 0.263 e. The second kappa shape index (κ2) is 5.26. The molecule has 3 aromatic rings. The van der Waals surface area contributed by atoms with Crippen LogP contribution in [0.1, 0.15) is 30.0 Å². The molecule has 3 rings (SSSR count). The van der Waals surface area contributed by atoms with Crippen molar-refractivity contribution in [2.75, 3.05) is 0 Å². The van der Waals surface area contributed by atoms with E-state index < -0.39 is 5.91 Å². The lowest BCUT2D eigenvalue weighted by atomic mass is 10.4. The van der Waals surface area contributed by atoms with Crippen LogP contribution >= 0.6 is 22.7 Å². The van der Waals surface area contributed by atoms with E-state index in [1.165, 1.54) is 22.7 Å². The van der Waals surface area contributed by atoms with Crippen LogP contribution in [0.25, 0.3) is 4.96 Å². The van der Waals surface area contributed by atoms with Crippen LogP contribution in [0.15, 0.2) is 18.6 Å². The summed E-state index contributed by atoms with van der Waals surface area (Å²) >= 11 is 2.51. The summed E-state index contributed by atoms with van der Waals surface area (Å²) in [6, 6.07) is 0. The highest BCUT2D eigenvalue weighted by molar-refractivity contribution is 7.18. The molecule has 0 bridgehead atoms. The van der Waals surface area contributed by atoms with Gasteiger partial charge in [0.15, 0.2) is 4.96 Å². The first-order chi connectivity index (χ1) is 10.0. The summed E-state index contributed by atoms with van der Waals surface area (Å²) in [5.41, 5.74) is 5.83. The molecule has 0 spiro atoms. The zero-order chi connectivity index (χ0) is 15.0. The third-order valence-electron chi connectivity index (χ3n) is 2.78. The molecule has 0 radical (unpaired) electrons. The van der Waals surface area contributed by atoms with Crippen LogP contribution in [0, 0.1) is 6.92 Å². The Kier molecular flexibility index (Phi) is 3.43. The van der Waals surface area contributed by atoms with Crippen molar-refractivity contribution in [3.05, 3.63) is 39.0 Å². The molecule has 0 saturated carbocycles. The molecule has 9 heteroatoms. The normalized spacial score (nSPS) is 10.9. The van der Waals surface area contributed by atoms with Crippen LogP contribution in [0.2, 0.25) is 0 Å². The number of imidazole rings is 1. The lowest BCUT2D eigenvalue weighted by Gasteiger charge is -1.99. The highest BCUT2D eigenvalue weighted by Gasteiger charge is 2.14. The van der Waals surface area contributed by atoms with Crippen molar-refractivity contribution in [1.82, 2.24) is 19.7 Å². The van der Waals surface area contributed by atoms with E-state index in [-0.39, 0.29) is 12.5 Å². The van der Waals surface area contributed by atoms with Crippen molar-refractivity contribution in [3.8, 4) is 0 Å². The Balaban J connectivity index is 1.69. The van der Waals surface area contributed by atoms with Gasteiger partial charge in [0.1, 0.15) is 14.8 Å². The van der Waals surface area contributed by atoms with E-state index in [1.54, 1.807) is 29.9 Å². The quantitative estimate of drug-likeness (QED) is 0.753. The number of aromatic nitrogens is 3. The van der Waals surface area contributed by atoms with Crippen LogP contribution < -0.4 is 11.1 Å². The summed E-state index contributed by atoms with van der Waals surface area (Å²) in [5, 5.41) is 3.42. The minimum absolute atomic E-state index is 0.195. The van der Waals surface area contributed by atoms with Gasteiger partial charge < -0.3 is 11.1 Å². The van der Waals surface area contributed by atoms with E-state index in [9.17, 15) is 9.59 Å². The average Bonchev–Trinajstić information content (AvgIpc) is 3.08. The van der Waals surface area contributed by atoms with Crippen molar-refractivity contribution in [1.29, 1.82) is 0 Å². The molecule has 0 aliphatic carbocycles. The summed E-state index contributed by atoms with van der Waals surface area (Å²) in [6.07, 6.45) is 5.19. The van der Waals surface area contributed by atoms with Crippen LogP contribution in [-0.2, 0) is 6.54 Å². The summed E-state index contributed by atoms with van der Waals surface area (Å²) in [6.45, 7) is 1.98. The van der Waals surface area contributed by atoms with E-state index in [4.69, 9.17) is 5.73 Å². The van der Waals surface area contributed by atoms with Gasteiger partial charge in [-0.1, -0.05) is 11.3 Å². The second-order valence-corrected chi connectivity index (χ2v) is 6.37. The average molecular weight is 321 g/mol. The molecule has 0 atom stereocenters. The number of hydrogen-bond donors (Lipinski definition) is 2. The second-order valence-electron chi connectivity index (χ2n) is 4.28. The first-order valence-corrected chi connectivity index (χ1v) is 7.64. The maximum Gasteiger partial charge on any atom is 0.263 e. The van der Waals surface area contributed by atoms with Gasteiger partial charge in [-0.05, 0) is 6.92 Å². The van der Waals surface area contributed by atoms with Gasteiger partial charge in [-0.15, -0.1) is 11.3 Å². The van der Waals surface area contributed by atoms with Gasteiger partial charge in [-0.2, -0.15) is 0 Å². The maximum absolute atomic E-state index is 12.1. The Morgan fingerprint density at radius 2 is 2.24 bits per heavy atom. The van der Waals surface area contributed by atoms with Crippen LogP contribution in [0.5, 0.6) is 0 Å². The molecule has 108 valence electrons. The molecular formula is C12H11N5O2S2. The zero-order valence-corrected chi connectivity index (χ0v) is 12.6. The van der Waals surface area contributed by atoms with Crippen molar-refractivity contribution in [2.24, 2.45) is 5.73 Å². The number of aryl methyl sites for hydroxylation is 1. The maximum atomic E-state index is 12.1. The fourth-order valence-electron chi connectivity index (χ4n) is 1.83. The molecule has 3 aromatic heterocycles. The lowest BCUT2D eigenvalue weighted by molar-refractivity contribution is 0.0953. The molecule has 0 aliphatic rings. The van der Waals surface area contributed by atoms with Crippen LogP contribution in [0.3, 0.4) is 0 Å². The van der Waals surface area contributed by atoms with Crippen LogP contribution in [-0.4, -0.2) is 26.2 Å². The van der Waals surface area contributed by atoms with Gasteiger partial charge in [-0.25, -0.2) is 9.97 Å². The molecule has 0 aliphatic heterocycles. The lowest BCUT2D eigenvalue weighted by Crippen LogP contribution is -2.21. The molecule has 21 heavy (non-hydrogen) atoms. The van der Waals surface area contributed by atoms with Crippen molar-refractivity contribution >= 4 is 39.4 Å². The zero-order valence-electron chi connectivity index (χ0n) is 11.0. The number of carbonyl (C=O) groups is 2. The topological polar surface area (TPSA) is 102 Å². The Morgan fingerprint density at radius 3 is 2.90 bits per heavy atom. The van der Waals surface area contributed by atoms with E-state index in [2.05, 4.69) is 15.3 Å². The number of rotatable bonds is 4. The first kappa shape index (κ1) is 13.7. The minimum atomic E-state index is -0.498. The Morgan fingerprint density at radius 1 is 1.43 bits per heavy atom. The fourth-order valence-corrected chi connectivity index (χ4v) is 3.55. The van der Waals surface area contributed by atoms with Crippen molar-refractivity contribution in [3.63, 3.8) is 0 Å². The third-order valence-corrected chi connectivity index (χ3v) is 4.96. The largest absolute Gasteiger partial charge is 0.365 e. The predicted molar refractivity (Wildman–Crippen MR) is 79.6 cm³/mol. The Labute approximate surface area is 127 Å². The third kappa shape index (κ3) is 2.65. The predicted octanol–water partition coefficient (Wildman–Crippen LogP) is 1.19. The number of amides is 2. The minimum Gasteiger partial charge on any atom is -0.365 e. The molecule has 0 unspecified atom stereocenters. The number of carbonyl (C=O) groups excluding carboxylic acids is 2. The number of hydrogen-bond acceptors (Lipinski definition) is 6. The highest BCUT2D eigenvalue weighted by Crippen LogP contribution is 2.18. The summed E-state index contributed by atoms with van der Waals surface area (Å²) in [4.78, 5) is 33.3. The standard InChI is InChI=1S/C12H11N5O2S2/c1-6-9(10(13)18)21-8(16-6)4-15-11(19)7-5-17-3-2-14-12(17)20-7/h2-3,5H,4H2,1H3,(H2,13,18)(H,15,19). The molecule has 0 fully saturated rings. The molecule has 3 heterocycles. The van der Waals surface area contributed by atoms with Gasteiger partial charge >= 0.3 is 0 Å². The van der Waals surface area contributed by atoms with Crippen LogP contribution in [0.4, 0.5) is 0 Å². The molecular weight excluding hydrogens is 310 g/mol. The number of primary amides is 1. The number of fused-ring (bicyclic) bond motifs is 1. The molecule has 2 amide bonds. The van der Waals surface area contributed by atoms with Crippen molar-refractivity contribution < 1.29 is 9.59 Å². The Bertz CT molecular complexity index is 803. The first-order valence-electron chi connectivity index (χ1n) is 6.01. The summed E-state index contributed by atoms with van der Waals surface area (Å²) < 4.78 is 1.79. The fraction of sp³-hybridized carbons (Fsp3) is 0.167. The van der Waals surface area contributed by atoms with Gasteiger partial charge in [0, 0.05) is 18.6 Å². The monoisotopic (exact) mass is 321 g/mol. The van der Waals surface area contributed by atoms with Gasteiger partial charge in [0.05, 0.1) is 12.2 Å². The molecule has 0 aromatic carbocycles. The summed E-state index contributed by atoms with van der Waals surface area (Å²) in [7, 11) is 0. The van der Waals surface area contributed by atoms with E-state index in [1.807, 2.05) is 0 Å². The van der Waals surface area contributed by atoms with E-state index in [0.717, 1.165) is 4.96 Å². The van der Waals surface area contributed by atoms with E-state index >= 15 is 0 Å². The van der Waals surface area contributed by atoms with Gasteiger partial charge in [-0.3, -0.25) is 14.0 Å². The van der Waals surface area contributed by atoms with Crippen molar-refractivity contribution in [2.45, 2.75) is 13.5 Å². The highest BCUT2D eigenvalue weighted by atomic mass is 32.1. The summed E-state index contributed by atoms with van der Waals surface area (Å²) in [5.74, 6) is -0.693. The number of nitrogens with two attached hydrogens (primary N) is 1. The Hall–Kier alpha value is -2.26. The van der Waals surface area contributed by atoms with Gasteiger partial charge in [0.2, 0.25) is 0 Å². The molecule has 0 saturated heterocycles. The number of nitrogens with one attached hydrogen (secondary N) is 1. The molecule has 3 N–H and O–H groups in total. The van der Waals surface area contributed by atoms with E-state index in [0.29, 0.717) is 20.5 Å². The molecule has 7 nitrogen and oxygen atoms in total. The SMILES string of the molecule is Cc1nc(CNC(=O)c2cn3ccnc3s2)sc1C(N)=O.